The van der Waals surface area contributed by atoms with Crippen LogP contribution < -0.4 is 5.32 Å². The smallest absolute Gasteiger partial charge is 0.131 e. The fourth-order valence-corrected chi connectivity index (χ4v) is 1.67. The molecule has 4 nitrogen and oxygen atoms in total. The van der Waals surface area contributed by atoms with E-state index in [9.17, 15) is 0 Å². The second kappa shape index (κ2) is 4.99. The molecule has 84 valence electrons. The molecule has 0 atom stereocenters. The highest BCUT2D eigenvalue weighted by Crippen LogP contribution is 2.13. The monoisotopic (exact) mass is 236 g/mol. The van der Waals surface area contributed by atoms with Crippen LogP contribution in [0.3, 0.4) is 0 Å². The van der Waals surface area contributed by atoms with E-state index in [-0.39, 0.29) is 0 Å². The molecule has 0 radical (unpaired) electrons. The number of nitrogens with zero attached hydrogens (tertiary/aromatic N) is 3. The lowest BCUT2D eigenvalue weighted by Gasteiger charge is -2.07. The molecule has 16 heavy (non-hydrogen) atoms. The molecule has 0 spiro atoms. The number of aromatic nitrogens is 3. The summed E-state index contributed by atoms with van der Waals surface area (Å²) in [6.45, 7) is 3.68. The van der Waals surface area contributed by atoms with Gasteiger partial charge in [-0.2, -0.15) is 5.10 Å². The molecular formula is C11H13ClN4. The summed E-state index contributed by atoms with van der Waals surface area (Å²) in [5.41, 5.74) is 2.11. The van der Waals surface area contributed by atoms with E-state index in [2.05, 4.69) is 22.3 Å². The molecular weight excluding hydrogens is 224 g/mol. The van der Waals surface area contributed by atoms with Gasteiger partial charge in [-0.05, 0) is 25.1 Å². The van der Waals surface area contributed by atoms with Gasteiger partial charge in [0.15, 0.2) is 0 Å². The summed E-state index contributed by atoms with van der Waals surface area (Å²) < 4.78 is 1.95. The third-order valence-corrected chi connectivity index (χ3v) is 2.51. The Kier molecular flexibility index (Phi) is 3.41. The fourth-order valence-electron chi connectivity index (χ4n) is 1.50. The normalized spacial score (nSPS) is 10.4. The predicted octanol–water partition coefficient (Wildman–Crippen LogP) is 2.56. The molecule has 0 aliphatic carbocycles. The second-order valence-electron chi connectivity index (χ2n) is 3.36. The molecule has 0 saturated carbocycles. The van der Waals surface area contributed by atoms with Crippen LogP contribution in [0.5, 0.6) is 0 Å². The first-order chi connectivity index (χ1) is 7.79. The maximum atomic E-state index is 5.80. The quantitative estimate of drug-likeness (QED) is 0.830. The summed E-state index contributed by atoms with van der Waals surface area (Å²) in [5.74, 6) is 0. The van der Waals surface area contributed by atoms with Gasteiger partial charge in [0.05, 0.1) is 12.2 Å². The Balaban J connectivity index is 2.02. The van der Waals surface area contributed by atoms with Gasteiger partial charge < -0.3 is 5.32 Å². The highest BCUT2D eigenvalue weighted by Gasteiger charge is 2.00. The van der Waals surface area contributed by atoms with Crippen molar-refractivity contribution in [2.24, 2.45) is 0 Å². The second-order valence-corrected chi connectivity index (χ2v) is 3.75. The Morgan fingerprint density at radius 1 is 1.38 bits per heavy atom. The van der Waals surface area contributed by atoms with Crippen LogP contribution in [0.25, 0.3) is 0 Å². The van der Waals surface area contributed by atoms with E-state index in [1.54, 1.807) is 18.5 Å². The molecule has 0 fully saturated rings. The molecule has 0 aromatic carbocycles. The fraction of sp³-hybridized carbons (Fsp3) is 0.273. The number of hydrogen-bond acceptors (Lipinski definition) is 3. The average molecular weight is 237 g/mol. The zero-order valence-corrected chi connectivity index (χ0v) is 9.78. The molecule has 0 unspecified atom stereocenters. The molecule has 2 heterocycles. The standard InChI is InChI=1S/C11H13ClN4/c1-2-16-10(4-6-15-16)8-14-9-3-5-13-11(12)7-9/h3-7H,2,8H2,1H3,(H,13,14). The van der Waals surface area contributed by atoms with Crippen molar-refractivity contribution in [3.63, 3.8) is 0 Å². The van der Waals surface area contributed by atoms with E-state index in [1.165, 1.54) is 0 Å². The number of hydrogen-bond donors (Lipinski definition) is 1. The molecule has 0 saturated heterocycles. The Labute approximate surface area is 99.3 Å². The lowest BCUT2D eigenvalue weighted by Crippen LogP contribution is -2.07. The van der Waals surface area contributed by atoms with E-state index in [1.807, 2.05) is 16.8 Å². The van der Waals surface area contributed by atoms with Gasteiger partial charge in [-0.1, -0.05) is 11.6 Å². The molecule has 0 amide bonds. The van der Waals surface area contributed by atoms with Crippen molar-refractivity contribution in [3.8, 4) is 0 Å². The number of nitrogens with one attached hydrogen (secondary N) is 1. The highest BCUT2D eigenvalue weighted by molar-refractivity contribution is 6.29. The first-order valence-electron chi connectivity index (χ1n) is 5.15. The van der Waals surface area contributed by atoms with Crippen LogP contribution in [-0.4, -0.2) is 14.8 Å². The summed E-state index contributed by atoms with van der Waals surface area (Å²) in [6.07, 6.45) is 3.49. The lowest BCUT2D eigenvalue weighted by atomic mass is 10.3. The Hall–Kier alpha value is -1.55. The van der Waals surface area contributed by atoms with Crippen LogP contribution in [0.2, 0.25) is 5.15 Å². The SMILES string of the molecule is CCn1nccc1CNc1ccnc(Cl)c1. The number of anilines is 1. The zero-order chi connectivity index (χ0) is 11.4. The van der Waals surface area contributed by atoms with Crippen LogP contribution in [0.1, 0.15) is 12.6 Å². The van der Waals surface area contributed by atoms with Crippen LogP contribution in [0.4, 0.5) is 5.69 Å². The van der Waals surface area contributed by atoms with Crippen molar-refractivity contribution in [2.45, 2.75) is 20.0 Å². The van der Waals surface area contributed by atoms with E-state index in [4.69, 9.17) is 11.6 Å². The molecule has 5 heteroatoms. The van der Waals surface area contributed by atoms with Crippen molar-refractivity contribution in [1.29, 1.82) is 0 Å². The van der Waals surface area contributed by atoms with Crippen molar-refractivity contribution in [3.05, 3.63) is 41.4 Å². The summed E-state index contributed by atoms with van der Waals surface area (Å²) in [4.78, 5) is 3.93. The van der Waals surface area contributed by atoms with Crippen molar-refractivity contribution < 1.29 is 0 Å². The van der Waals surface area contributed by atoms with Crippen molar-refractivity contribution >= 4 is 17.3 Å². The van der Waals surface area contributed by atoms with Crippen LogP contribution in [0, 0.1) is 0 Å². The van der Waals surface area contributed by atoms with Crippen LogP contribution in [-0.2, 0) is 13.1 Å². The van der Waals surface area contributed by atoms with Gasteiger partial charge in [-0.25, -0.2) is 4.98 Å². The maximum absolute atomic E-state index is 5.80. The van der Waals surface area contributed by atoms with Crippen LogP contribution in [0.15, 0.2) is 30.6 Å². The Morgan fingerprint density at radius 3 is 3.00 bits per heavy atom. The number of rotatable bonds is 4. The van der Waals surface area contributed by atoms with Gasteiger partial charge >= 0.3 is 0 Å². The molecule has 0 bridgehead atoms. The minimum atomic E-state index is 0.494. The average Bonchev–Trinajstić information content (AvgIpc) is 2.74. The van der Waals surface area contributed by atoms with Gasteiger partial charge in [0.1, 0.15) is 5.15 Å². The van der Waals surface area contributed by atoms with Crippen molar-refractivity contribution in [1.82, 2.24) is 14.8 Å². The van der Waals surface area contributed by atoms with E-state index in [0.29, 0.717) is 5.15 Å². The predicted molar refractivity (Wildman–Crippen MR) is 64.5 cm³/mol. The molecule has 1 N–H and O–H groups in total. The molecule has 2 aromatic heterocycles. The van der Waals surface area contributed by atoms with E-state index < -0.39 is 0 Å². The third kappa shape index (κ3) is 2.52. The summed E-state index contributed by atoms with van der Waals surface area (Å²) in [7, 11) is 0. The Bertz CT molecular complexity index is 467. The number of pyridine rings is 1. The van der Waals surface area contributed by atoms with Gasteiger partial charge in [0.2, 0.25) is 0 Å². The minimum absolute atomic E-state index is 0.494. The van der Waals surface area contributed by atoms with E-state index >= 15 is 0 Å². The number of aryl methyl sites for hydroxylation is 1. The number of halogens is 1. The molecule has 0 aliphatic heterocycles. The summed E-state index contributed by atoms with van der Waals surface area (Å²) in [6, 6.07) is 5.69. The highest BCUT2D eigenvalue weighted by atomic mass is 35.5. The van der Waals surface area contributed by atoms with Crippen LogP contribution >= 0.6 is 11.6 Å². The first-order valence-corrected chi connectivity index (χ1v) is 5.53. The summed E-state index contributed by atoms with van der Waals surface area (Å²) in [5, 5.41) is 7.97. The molecule has 2 rings (SSSR count). The zero-order valence-electron chi connectivity index (χ0n) is 9.02. The minimum Gasteiger partial charge on any atom is -0.379 e. The third-order valence-electron chi connectivity index (χ3n) is 2.30. The van der Waals surface area contributed by atoms with E-state index in [0.717, 1.165) is 24.5 Å². The maximum Gasteiger partial charge on any atom is 0.131 e. The molecule has 2 aromatic rings. The summed E-state index contributed by atoms with van der Waals surface area (Å²) >= 11 is 5.80. The lowest BCUT2D eigenvalue weighted by molar-refractivity contribution is 0.627. The first kappa shape index (κ1) is 11.0. The van der Waals surface area contributed by atoms with Gasteiger partial charge in [-0.3, -0.25) is 4.68 Å². The largest absolute Gasteiger partial charge is 0.379 e. The van der Waals surface area contributed by atoms with Crippen molar-refractivity contribution in [2.75, 3.05) is 5.32 Å². The topological polar surface area (TPSA) is 42.7 Å². The van der Waals surface area contributed by atoms with Gasteiger partial charge in [0, 0.05) is 24.6 Å². The molecule has 0 aliphatic rings. The van der Waals surface area contributed by atoms with Gasteiger partial charge in [-0.15, -0.1) is 0 Å². The van der Waals surface area contributed by atoms with Gasteiger partial charge in [0.25, 0.3) is 0 Å². The Morgan fingerprint density at radius 2 is 2.25 bits per heavy atom.